The molecule has 4 amide bonds. The number of likely N-dealkylation sites (N-methyl/N-ethyl adjacent to an activating group) is 1. The minimum atomic E-state index is -4.58. The molecule has 0 aliphatic carbocycles. The van der Waals surface area contributed by atoms with Crippen molar-refractivity contribution < 1.29 is 66.0 Å². The lowest BCUT2D eigenvalue weighted by Gasteiger charge is -2.33. The number of hydrogen-bond acceptors (Lipinski definition) is 16. The molecule has 5 atom stereocenters. The Morgan fingerprint density at radius 3 is 2.26 bits per heavy atom. The van der Waals surface area contributed by atoms with Gasteiger partial charge in [0.15, 0.2) is 17.3 Å². The molecule has 3 aromatic carbocycles. The smallest absolute Gasteiger partial charge is 0.326 e. The van der Waals surface area contributed by atoms with Gasteiger partial charge in [0.25, 0.3) is 22.0 Å². The second-order valence-electron chi connectivity index (χ2n) is 17.3. The fourth-order valence-electron chi connectivity index (χ4n) is 7.49. The zero-order chi connectivity index (χ0) is 53.4. The number of ether oxygens (including phenoxy) is 2. The number of nitrogens with zero attached hydrogens (tertiary/aromatic N) is 3. The Morgan fingerprint density at radius 2 is 1.67 bits per heavy atom. The molecule has 0 saturated carbocycles. The van der Waals surface area contributed by atoms with Crippen LogP contribution in [0.4, 0.5) is 14.6 Å². The van der Waals surface area contributed by atoms with Crippen LogP contribution < -0.4 is 52.5 Å². The van der Waals surface area contributed by atoms with Gasteiger partial charge in [0, 0.05) is 54.7 Å². The minimum absolute atomic E-state index is 0.0411. The van der Waals surface area contributed by atoms with Gasteiger partial charge in [0.05, 0.1) is 12.3 Å². The van der Waals surface area contributed by atoms with Crippen LogP contribution in [0.25, 0.3) is 22.5 Å². The number of aryl methyl sites for hydroxylation is 1. The molecule has 0 fully saturated rings. The molecular weight excluding hydrogens is 969 g/mol. The fourth-order valence-corrected chi connectivity index (χ4v) is 7.89. The lowest BCUT2D eigenvalue weighted by atomic mass is 9.93. The first kappa shape index (κ1) is 55.8. The molecular formula is C46H59F2N11O12S. The van der Waals surface area contributed by atoms with E-state index in [9.17, 15) is 56.5 Å². The maximum atomic E-state index is 14.8. The highest BCUT2D eigenvalue weighted by Gasteiger charge is 2.38. The molecule has 26 heteroatoms. The van der Waals surface area contributed by atoms with Crippen LogP contribution in [-0.2, 0) is 41.7 Å². The third-order valence-electron chi connectivity index (χ3n) is 11.5. The Kier molecular flexibility index (Phi) is 18.2. The summed E-state index contributed by atoms with van der Waals surface area (Å²) in [5, 5.41) is 44.9. The van der Waals surface area contributed by atoms with Crippen LogP contribution in [0, 0.1) is 12.8 Å². The van der Waals surface area contributed by atoms with Crippen molar-refractivity contribution in [3.8, 4) is 39.8 Å². The number of nitrogens with one attached hydrogen (secondary N) is 4. The van der Waals surface area contributed by atoms with Gasteiger partial charge >= 0.3 is 5.97 Å². The van der Waals surface area contributed by atoms with Gasteiger partial charge < -0.3 is 62.8 Å². The number of halogens is 2. The third kappa shape index (κ3) is 13.4. The number of amides is 4. The molecule has 1 aliphatic rings. The van der Waals surface area contributed by atoms with Gasteiger partial charge in [0.1, 0.15) is 54.0 Å². The largest absolute Gasteiger partial charge is 0.504 e. The number of fused-ring (bicyclic) bond motifs is 5. The van der Waals surface area contributed by atoms with Gasteiger partial charge in [-0.2, -0.15) is 13.1 Å². The van der Waals surface area contributed by atoms with Crippen LogP contribution in [0.15, 0.2) is 54.6 Å². The van der Waals surface area contributed by atoms with Gasteiger partial charge in [-0.25, -0.2) is 28.7 Å². The summed E-state index contributed by atoms with van der Waals surface area (Å²) >= 11 is 0. The Bertz CT molecular complexity index is 2760. The summed E-state index contributed by atoms with van der Waals surface area (Å²) < 4.78 is 67.7. The van der Waals surface area contributed by atoms with Crippen molar-refractivity contribution in [3.05, 3.63) is 82.5 Å². The first-order valence-corrected chi connectivity index (χ1v) is 24.0. The molecule has 0 unspecified atom stereocenters. The number of phenolic OH excluding ortho intramolecular Hbond substituents is 1. The molecule has 1 aliphatic heterocycles. The molecule has 0 saturated heterocycles. The van der Waals surface area contributed by atoms with Gasteiger partial charge in [-0.15, -0.1) is 0 Å². The Balaban J connectivity index is 1.65. The van der Waals surface area contributed by atoms with Crippen molar-refractivity contribution in [3.63, 3.8) is 0 Å². The number of aliphatic carboxylic acids is 1. The summed E-state index contributed by atoms with van der Waals surface area (Å²) in [6.07, 6.45) is -1.14. The van der Waals surface area contributed by atoms with E-state index in [4.69, 9.17) is 31.8 Å². The summed E-state index contributed by atoms with van der Waals surface area (Å²) in [5.74, 6) is -11.1. The highest BCUT2D eigenvalue weighted by atomic mass is 32.2. The highest BCUT2D eigenvalue weighted by Crippen LogP contribution is 2.45. The monoisotopic (exact) mass is 1030 g/mol. The molecule has 0 radical (unpaired) electrons. The second-order valence-corrected chi connectivity index (χ2v) is 18.7. The highest BCUT2D eigenvalue weighted by molar-refractivity contribution is 7.87. The Hall–Kier alpha value is -7.10. The fraction of sp³-hybridized carbons (Fsp3) is 0.413. The maximum Gasteiger partial charge on any atom is 0.326 e. The van der Waals surface area contributed by atoms with Gasteiger partial charge in [0.2, 0.25) is 17.7 Å². The van der Waals surface area contributed by atoms with Crippen LogP contribution >= 0.6 is 0 Å². The van der Waals surface area contributed by atoms with Crippen molar-refractivity contribution >= 4 is 45.6 Å². The third-order valence-corrected chi connectivity index (χ3v) is 12.1. The van der Waals surface area contributed by atoms with Gasteiger partial charge in [-0.1, -0.05) is 44.2 Å². The van der Waals surface area contributed by atoms with E-state index in [2.05, 4.69) is 25.9 Å². The standard InChI is InChI=1S/C46H59F2N11O12S/c1-22(2)46(47,48)28-10-8-26(9-11-28)40-54-23(3)36(39(51)58-40)42(63)57-33(20-53-72(52,68)69)44(65)59(5)37-27-17-31(38(61)35(18-27)71-21-29(60)19-50)30-15-25(7-12-34(30)70-14-6-13-49)16-32(45(66)67)56-41(62)24(4)55-43(37)64/h7-12,15,17-18,22,24,29,32-33,37,53,60-61H,6,13-14,16,19-21,49-50H2,1-5H3,(H,55,64)(H,56,62)(H,57,63)(H,66,67)(H2,51,54,58)(H2,52,68,69)/t24-,29+,32-,33-,37-/m0/s1. The van der Waals surface area contributed by atoms with E-state index in [1.54, 1.807) is 6.07 Å². The molecule has 4 aromatic rings. The summed E-state index contributed by atoms with van der Waals surface area (Å²) in [6, 6.07) is 5.30. The van der Waals surface area contributed by atoms with E-state index in [-0.39, 0.29) is 82.5 Å². The van der Waals surface area contributed by atoms with Crippen molar-refractivity contribution in [2.45, 2.75) is 76.7 Å². The lowest BCUT2D eigenvalue weighted by Crippen LogP contribution is -2.57. The van der Waals surface area contributed by atoms with Gasteiger partial charge in [-0.3, -0.25) is 19.2 Å². The number of hydrogen-bond donors (Lipinski definition) is 11. The topological polar surface area (TPSA) is 380 Å². The van der Waals surface area contributed by atoms with E-state index >= 15 is 0 Å². The van der Waals surface area contributed by atoms with Crippen molar-refractivity contribution in [1.82, 2.24) is 35.5 Å². The number of carboxylic acids is 1. The molecule has 0 spiro atoms. The number of aromatic hydroxyl groups is 1. The van der Waals surface area contributed by atoms with Crippen LogP contribution in [-0.4, -0.2) is 132 Å². The number of nitrogens with two attached hydrogens (primary N) is 4. The predicted molar refractivity (Wildman–Crippen MR) is 257 cm³/mol. The normalized spacial score (nSPS) is 17.2. The first-order valence-electron chi connectivity index (χ1n) is 22.4. The number of nitrogen functional groups attached to an aromatic ring is 1. The Morgan fingerprint density at radius 1 is 0.986 bits per heavy atom. The van der Waals surface area contributed by atoms with Crippen molar-refractivity contribution in [2.75, 3.05) is 45.6 Å². The SMILES string of the molecule is Cc1nc(-c2ccc(C(F)(F)C(C)C)cc2)nc(N)c1C(=O)N[C@@H](CNS(N)(=O)=O)C(=O)N(C)[C@@H]1C(=O)N[C@@H](C)C(=O)N[C@H](C(=O)O)Cc2ccc(OCCCN)c(c2)-c2cc1cc(OC[C@H](O)CN)c2O. The number of carbonyl (C=O) groups excluding carboxylic acids is 4. The number of alkyl halides is 2. The molecule has 2 heterocycles. The molecule has 5 rings (SSSR count). The first-order chi connectivity index (χ1) is 33.8. The summed E-state index contributed by atoms with van der Waals surface area (Å²) in [5.41, 5.74) is 17.5. The molecule has 1 aromatic heterocycles. The van der Waals surface area contributed by atoms with Crippen LogP contribution in [0.1, 0.15) is 66.0 Å². The number of rotatable bonds is 19. The molecule has 390 valence electrons. The van der Waals surface area contributed by atoms with Gasteiger partial charge in [-0.05, 0) is 62.2 Å². The summed E-state index contributed by atoms with van der Waals surface area (Å²) in [7, 11) is -3.47. The van der Waals surface area contributed by atoms with E-state index < -0.39 is 107 Å². The summed E-state index contributed by atoms with van der Waals surface area (Å²) in [4.78, 5) is 79.0. The number of carboxylic acid groups (broad SMARTS) is 1. The van der Waals surface area contributed by atoms with Crippen LogP contribution in [0.3, 0.4) is 0 Å². The average Bonchev–Trinajstić information content (AvgIpc) is 3.31. The lowest BCUT2D eigenvalue weighted by molar-refractivity contribution is -0.143. The van der Waals surface area contributed by atoms with E-state index in [1.807, 2.05) is 4.72 Å². The van der Waals surface area contributed by atoms with E-state index in [1.165, 1.54) is 70.2 Å². The van der Waals surface area contributed by atoms with Crippen molar-refractivity contribution in [2.24, 2.45) is 22.5 Å². The number of benzene rings is 3. The van der Waals surface area contributed by atoms with Crippen LogP contribution in [0.5, 0.6) is 17.2 Å². The number of phenols is 1. The molecule has 72 heavy (non-hydrogen) atoms. The molecule has 23 nitrogen and oxygen atoms in total. The van der Waals surface area contributed by atoms with E-state index in [0.29, 0.717) is 12.0 Å². The van der Waals surface area contributed by atoms with E-state index in [0.717, 1.165) is 18.0 Å². The zero-order valence-electron chi connectivity index (χ0n) is 39.9. The Labute approximate surface area is 413 Å². The average molecular weight is 1030 g/mol. The number of aromatic nitrogens is 2. The second kappa shape index (κ2) is 23.4. The summed E-state index contributed by atoms with van der Waals surface area (Å²) in [6.45, 7) is 4.02. The zero-order valence-corrected chi connectivity index (χ0v) is 40.8. The number of aliphatic hydroxyl groups excluding tert-OH is 1. The van der Waals surface area contributed by atoms with Crippen LogP contribution in [0.2, 0.25) is 0 Å². The number of aliphatic hydroxyl groups is 1. The van der Waals surface area contributed by atoms with Crippen molar-refractivity contribution in [1.29, 1.82) is 0 Å². The predicted octanol–water partition coefficient (Wildman–Crippen LogP) is 0.302. The number of carbonyl (C=O) groups is 5. The molecule has 15 N–H and O–H groups in total. The maximum absolute atomic E-state index is 14.8. The quantitative estimate of drug-likeness (QED) is 0.0563. The number of anilines is 1. The minimum Gasteiger partial charge on any atom is -0.504 e. The molecule has 4 bridgehead atoms.